The van der Waals surface area contributed by atoms with Gasteiger partial charge in [0, 0.05) is 0 Å². The van der Waals surface area contributed by atoms with Crippen molar-refractivity contribution < 1.29 is 0 Å². The van der Waals surface area contributed by atoms with Gasteiger partial charge in [0.1, 0.15) is 0 Å². The third-order valence-electron chi connectivity index (χ3n) is 5.46. The molecule has 1 spiro atoms. The summed E-state index contributed by atoms with van der Waals surface area (Å²) in [6.07, 6.45) is 4.13. The summed E-state index contributed by atoms with van der Waals surface area (Å²) in [6.45, 7) is 11.4. The summed E-state index contributed by atoms with van der Waals surface area (Å²) < 4.78 is 0. The maximum atomic E-state index is 4.26. The first-order chi connectivity index (χ1) is 6.13. The molecule has 0 aromatic rings. The molecule has 4 aliphatic rings. The van der Waals surface area contributed by atoms with Crippen molar-refractivity contribution in [3.05, 3.63) is 12.2 Å². The van der Waals surface area contributed by atoms with Crippen LogP contribution in [-0.2, 0) is 0 Å². The van der Waals surface area contributed by atoms with Gasteiger partial charge in [0.15, 0.2) is 0 Å². The minimum absolute atomic E-state index is 0.702. The molecule has 0 N–H and O–H groups in total. The average Bonchev–Trinajstić information content (AvgIpc) is 2.62. The third-order valence-corrected chi connectivity index (χ3v) is 5.46. The second kappa shape index (κ2) is 1.89. The van der Waals surface area contributed by atoms with Gasteiger partial charge in [-0.15, -0.1) is 0 Å². The second-order valence-corrected chi connectivity index (χ2v) is 5.73. The van der Waals surface area contributed by atoms with E-state index in [2.05, 4.69) is 27.4 Å². The van der Waals surface area contributed by atoms with Crippen molar-refractivity contribution in [2.75, 3.05) is 0 Å². The lowest BCUT2D eigenvalue weighted by Crippen LogP contribution is -2.62. The van der Waals surface area contributed by atoms with E-state index in [9.17, 15) is 0 Å². The molecule has 0 nitrogen and oxygen atoms in total. The van der Waals surface area contributed by atoms with Gasteiger partial charge in [-0.2, -0.15) is 0 Å². The van der Waals surface area contributed by atoms with Gasteiger partial charge in [-0.25, -0.2) is 0 Å². The molecule has 5 unspecified atom stereocenters. The van der Waals surface area contributed by atoms with Crippen molar-refractivity contribution in [1.29, 1.82) is 0 Å². The largest absolute Gasteiger partial charge is 0.0995 e. The maximum absolute atomic E-state index is 4.26. The molecule has 2 bridgehead atoms. The predicted octanol–water partition coefficient (Wildman–Crippen LogP) is 3.63. The lowest BCUT2D eigenvalue weighted by atomic mass is 9.36. The van der Waals surface area contributed by atoms with Crippen LogP contribution in [0, 0.1) is 28.6 Å². The lowest BCUT2D eigenvalue weighted by Gasteiger charge is -2.67. The highest BCUT2D eigenvalue weighted by atomic mass is 15.0. The van der Waals surface area contributed by atoms with Crippen LogP contribution in [0.3, 0.4) is 0 Å². The summed E-state index contributed by atoms with van der Waals surface area (Å²) >= 11 is 0. The molecule has 0 aliphatic heterocycles. The zero-order valence-corrected chi connectivity index (χ0v) is 9.06. The fourth-order valence-corrected chi connectivity index (χ4v) is 5.32. The van der Waals surface area contributed by atoms with E-state index in [0.717, 1.165) is 23.2 Å². The van der Waals surface area contributed by atoms with Crippen molar-refractivity contribution >= 4 is 0 Å². The number of hydrogen-bond donors (Lipinski definition) is 0. The summed E-state index contributed by atoms with van der Waals surface area (Å²) in [5.74, 6) is 3.10. The number of rotatable bonds is 3. The maximum Gasteiger partial charge on any atom is -0.00863 e. The zero-order valence-electron chi connectivity index (χ0n) is 9.06. The molecule has 0 aromatic carbocycles. The molecule has 72 valence electrons. The van der Waals surface area contributed by atoms with Gasteiger partial charge in [-0.05, 0) is 41.4 Å². The molecule has 5 atom stereocenters. The molecule has 4 aliphatic carbocycles. The Morgan fingerprint density at radius 2 is 2.15 bits per heavy atom. The minimum atomic E-state index is 0.702. The van der Waals surface area contributed by atoms with E-state index in [0.29, 0.717) is 5.41 Å². The van der Waals surface area contributed by atoms with E-state index in [1.165, 1.54) is 19.3 Å². The first-order valence-electron chi connectivity index (χ1n) is 5.80. The Bertz CT molecular complexity index is 284. The fraction of sp³-hybridized carbons (Fsp3) is 0.846. The molecular formula is C13H20. The third kappa shape index (κ3) is 0.532. The minimum Gasteiger partial charge on any atom is -0.0995 e. The van der Waals surface area contributed by atoms with Crippen molar-refractivity contribution in [2.45, 2.75) is 40.0 Å². The van der Waals surface area contributed by atoms with Gasteiger partial charge in [0.25, 0.3) is 0 Å². The molecule has 4 rings (SSSR count). The molecule has 0 amide bonds. The highest BCUT2D eigenvalue weighted by molar-refractivity contribution is 5.46. The normalized spacial score (nSPS) is 60.4. The highest BCUT2D eigenvalue weighted by Crippen LogP contribution is 2.98. The van der Waals surface area contributed by atoms with Gasteiger partial charge in [0.05, 0.1) is 0 Å². The SMILES string of the molecule is C=C(CC)C1C2(C)CC13C(CC)C23. The van der Waals surface area contributed by atoms with E-state index < -0.39 is 0 Å². The monoisotopic (exact) mass is 176 g/mol. The summed E-state index contributed by atoms with van der Waals surface area (Å²) in [5.41, 5.74) is 3.05. The molecule has 0 heteroatoms. The lowest BCUT2D eigenvalue weighted by molar-refractivity contribution is -0.168. The predicted molar refractivity (Wildman–Crippen MR) is 55.3 cm³/mol. The zero-order chi connectivity index (χ0) is 9.43. The van der Waals surface area contributed by atoms with Crippen LogP contribution < -0.4 is 0 Å². The van der Waals surface area contributed by atoms with Crippen molar-refractivity contribution in [3.8, 4) is 0 Å². The van der Waals surface area contributed by atoms with E-state index in [-0.39, 0.29) is 0 Å². The van der Waals surface area contributed by atoms with Gasteiger partial charge < -0.3 is 0 Å². The number of hydrogen-bond acceptors (Lipinski definition) is 0. The molecule has 0 radical (unpaired) electrons. The molecule has 4 saturated carbocycles. The molecule has 0 saturated heterocycles. The summed E-state index contributed by atoms with van der Waals surface area (Å²) in [6, 6.07) is 0. The second-order valence-electron chi connectivity index (χ2n) is 5.73. The van der Waals surface area contributed by atoms with Crippen LogP contribution in [-0.4, -0.2) is 0 Å². The Morgan fingerprint density at radius 3 is 2.62 bits per heavy atom. The highest BCUT2D eigenvalue weighted by Gasteiger charge is 2.94. The van der Waals surface area contributed by atoms with Crippen LogP contribution >= 0.6 is 0 Å². The van der Waals surface area contributed by atoms with Crippen LogP contribution in [0.15, 0.2) is 12.2 Å². The average molecular weight is 176 g/mol. The summed E-state index contributed by atoms with van der Waals surface area (Å²) in [4.78, 5) is 0. The Hall–Kier alpha value is -0.260. The van der Waals surface area contributed by atoms with Gasteiger partial charge in [0.2, 0.25) is 0 Å². The van der Waals surface area contributed by atoms with Crippen molar-refractivity contribution in [2.24, 2.45) is 28.6 Å². The van der Waals surface area contributed by atoms with Gasteiger partial charge in [-0.1, -0.05) is 39.3 Å². The quantitative estimate of drug-likeness (QED) is 0.576. The molecule has 4 fully saturated rings. The number of allylic oxidation sites excluding steroid dienone is 1. The van der Waals surface area contributed by atoms with Crippen LogP contribution in [0.4, 0.5) is 0 Å². The summed E-state index contributed by atoms with van der Waals surface area (Å²) in [7, 11) is 0. The Balaban J connectivity index is 1.86. The first-order valence-corrected chi connectivity index (χ1v) is 5.80. The van der Waals surface area contributed by atoms with Crippen LogP contribution in [0.25, 0.3) is 0 Å². The Labute approximate surface area is 81.4 Å². The van der Waals surface area contributed by atoms with Crippen LogP contribution in [0.5, 0.6) is 0 Å². The molecule has 0 heterocycles. The first kappa shape index (κ1) is 8.08. The fourth-order valence-electron chi connectivity index (χ4n) is 5.32. The summed E-state index contributed by atoms with van der Waals surface area (Å²) in [5, 5.41) is 0. The van der Waals surface area contributed by atoms with E-state index in [4.69, 9.17) is 0 Å². The Kier molecular flexibility index (Phi) is 1.18. The van der Waals surface area contributed by atoms with E-state index in [1.54, 1.807) is 5.57 Å². The van der Waals surface area contributed by atoms with Crippen LogP contribution in [0.1, 0.15) is 40.0 Å². The smallest absolute Gasteiger partial charge is 0.00863 e. The molecular weight excluding hydrogens is 156 g/mol. The van der Waals surface area contributed by atoms with Crippen LogP contribution in [0.2, 0.25) is 0 Å². The molecule has 0 aromatic heterocycles. The van der Waals surface area contributed by atoms with Crippen molar-refractivity contribution in [1.82, 2.24) is 0 Å². The van der Waals surface area contributed by atoms with Gasteiger partial charge >= 0.3 is 0 Å². The van der Waals surface area contributed by atoms with E-state index in [1.807, 2.05) is 0 Å². The standard InChI is InChI=1S/C13H20/c1-5-8(3)10-12(4)7-13(10)9(6-2)11(12)13/h9-11H,3,5-7H2,1-2,4H3. The molecule has 13 heavy (non-hydrogen) atoms. The van der Waals surface area contributed by atoms with E-state index >= 15 is 0 Å². The van der Waals surface area contributed by atoms with Gasteiger partial charge in [-0.3, -0.25) is 0 Å². The van der Waals surface area contributed by atoms with Crippen molar-refractivity contribution in [3.63, 3.8) is 0 Å². The Morgan fingerprint density at radius 1 is 1.46 bits per heavy atom. The topological polar surface area (TPSA) is 0 Å².